The minimum atomic E-state index is -1.75. The fraction of sp³-hybridized carbons (Fsp3) is 0.316. The van der Waals surface area contributed by atoms with Crippen LogP contribution in [0.5, 0.6) is 0 Å². The van der Waals surface area contributed by atoms with Gasteiger partial charge in [-0.25, -0.2) is 4.79 Å². The zero-order valence-electron chi connectivity index (χ0n) is 14.0. The van der Waals surface area contributed by atoms with Gasteiger partial charge in [0.15, 0.2) is 5.60 Å². The number of aliphatic hydroxyl groups is 1. The number of hydrogen-bond acceptors (Lipinski definition) is 4. The lowest BCUT2D eigenvalue weighted by molar-refractivity contribution is -0.162. The quantitative estimate of drug-likeness (QED) is 0.893. The maximum Gasteiger partial charge on any atom is 0.335 e. The molecule has 0 bridgehead atoms. The number of benzene rings is 1. The van der Waals surface area contributed by atoms with E-state index < -0.39 is 11.6 Å². The molecule has 2 aromatic rings. The monoisotopic (exact) mass is 340 g/mol. The fourth-order valence-electron chi connectivity index (χ4n) is 3.15. The zero-order chi connectivity index (χ0) is 18.0. The van der Waals surface area contributed by atoms with E-state index in [1.807, 2.05) is 36.4 Å². The summed E-state index contributed by atoms with van der Waals surface area (Å²) in [5.74, 6) is -1.42. The Morgan fingerprint density at radius 1 is 1.12 bits per heavy atom. The second-order valence-electron chi connectivity index (χ2n) is 6.31. The minimum absolute atomic E-state index is 0.0219. The van der Waals surface area contributed by atoms with Crippen molar-refractivity contribution in [2.45, 2.75) is 25.4 Å². The van der Waals surface area contributed by atoms with Gasteiger partial charge in [0.25, 0.3) is 5.91 Å². The first-order valence-electron chi connectivity index (χ1n) is 8.18. The van der Waals surface area contributed by atoms with E-state index in [0.29, 0.717) is 11.3 Å². The van der Waals surface area contributed by atoms with Crippen LogP contribution in [0.3, 0.4) is 0 Å². The summed E-state index contributed by atoms with van der Waals surface area (Å²) in [7, 11) is 0. The van der Waals surface area contributed by atoms with Crippen LogP contribution in [0.4, 0.5) is 0 Å². The maximum atomic E-state index is 13.1. The normalized spacial score (nSPS) is 16.5. The van der Waals surface area contributed by atoms with Crippen molar-refractivity contribution in [2.75, 3.05) is 13.1 Å². The molecule has 3 rings (SSSR count). The van der Waals surface area contributed by atoms with Crippen LogP contribution in [0.1, 0.15) is 28.9 Å². The topological polar surface area (TPSA) is 90.7 Å². The summed E-state index contributed by atoms with van der Waals surface area (Å²) < 4.78 is 0. The predicted octanol–water partition coefficient (Wildman–Crippen LogP) is 2.11. The lowest BCUT2D eigenvalue weighted by atomic mass is 9.90. The number of nitrogens with zero attached hydrogens (tertiary/aromatic N) is 2. The van der Waals surface area contributed by atoms with E-state index in [-0.39, 0.29) is 31.8 Å². The third-order valence-corrected chi connectivity index (χ3v) is 4.72. The highest BCUT2D eigenvalue weighted by Crippen LogP contribution is 2.29. The molecule has 6 heteroatoms. The van der Waals surface area contributed by atoms with Crippen LogP contribution in [0.2, 0.25) is 0 Å². The molecule has 1 aliphatic rings. The van der Waals surface area contributed by atoms with Gasteiger partial charge >= 0.3 is 5.97 Å². The molecule has 2 heterocycles. The highest BCUT2D eigenvalue weighted by atomic mass is 16.4. The third kappa shape index (κ3) is 3.25. The standard InChI is InChI=1S/C19H20N2O4/c1-13-16(15(7-10-20-13)14-5-3-2-4-6-14)17(22)21-11-8-19(25,9-12-21)18(23)24/h2-7,10,25H,8-9,11-12H2,1H3,(H,23,24). The number of aromatic nitrogens is 1. The first-order chi connectivity index (χ1) is 11.9. The number of rotatable bonds is 3. The van der Waals surface area contributed by atoms with E-state index in [0.717, 1.165) is 11.1 Å². The number of amides is 1. The molecular formula is C19H20N2O4. The number of likely N-dealkylation sites (tertiary alicyclic amines) is 1. The van der Waals surface area contributed by atoms with Crippen LogP contribution < -0.4 is 0 Å². The zero-order valence-corrected chi connectivity index (χ0v) is 14.0. The summed E-state index contributed by atoms with van der Waals surface area (Å²) >= 11 is 0. The molecule has 130 valence electrons. The van der Waals surface area contributed by atoms with Gasteiger partial charge in [-0.3, -0.25) is 9.78 Å². The molecule has 0 unspecified atom stereocenters. The second kappa shape index (κ2) is 6.64. The molecule has 6 nitrogen and oxygen atoms in total. The van der Waals surface area contributed by atoms with Crippen molar-refractivity contribution in [3.63, 3.8) is 0 Å². The molecule has 1 saturated heterocycles. The van der Waals surface area contributed by atoms with Crippen molar-refractivity contribution < 1.29 is 19.8 Å². The van der Waals surface area contributed by atoms with E-state index in [2.05, 4.69) is 4.98 Å². The van der Waals surface area contributed by atoms with Gasteiger partial charge in [0.2, 0.25) is 0 Å². The van der Waals surface area contributed by atoms with E-state index in [1.54, 1.807) is 18.0 Å². The van der Waals surface area contributed by atoms with Gasteiger partial charge in [-0.05, 0) is 24.1 Å². The molecule has 0 saturated carbocycles. The van der Waals surface area contributed by atoms with Crippen LogP contribution in [0.15, 0.2) is 42.6 Å². The van der Waals surface area contributed by atoms with Crippen molar-refractivity contribution in [1.29, 1.82) is 0 Å². The van der Waals surface area contributed by atoms with E-state index in [1.165, 1.54) is 0 Å². The lowest BCUT2D eigenvalue weighted by Crippen LogP contribution is -2.51. The Morgan fingerprint density at radius 3 is 2.36 bits per heavy atom. The highest BCUT2D eigenvalue weighted by Gasteiger charge is 2.41. The predicted molar refractivity (Wildman–Crippen MR) is 92.1 cm³/mol. The molecule has 0 aliphatic carbocycles. The highest BCUT2D eigenvalue weighted by molar-refractivity contribution is 6.02. The molecular weight excluding hydrogens is 320 g/mol. The van der Waals surface area contributed by atoms with Gasteiger partial charge in [0, 0.05) is 32.1 Å². The fourth-order valence-corrected chi connectivity index (χ4v) is 3.15. The van der Waals surface area contributed by atoms with Crippen LogP contribution in [0, 0.1) is 6.92 Å². The molecule has 25 heavy (non-hydrogen) atoms. The van der Waals surface area contributed by atoms with Gasteiger partial charge in [-0.1, -0.05) is 30.3 Å². The second-order valence-corrected chi connectivity index (χ2v) is 6.31. The van der Waals surface area contributed by atoms with Crippen LogP contribution in [0.25, 0.3) is 11.1 Å². The van der Waals surface area contributed by atoms with Gasteiger partial charge in [-0.2, -0.15) is 0 Å². The molecule has 1 fully saturated rings. The smallest absolute Gasteiger partial charge is 0.335 e. The summed E-state index contributed by atoms with van der Waals surface area (Å²) in [5, 5.41) is 19.2. The molecule has 0 radical (unpaired) electrons. The Balaban J connectivity index is 1.90. The number of carbonyl (C=O) groups excluding carboxylic acids is 1. The first kappa shape index (κ1) is 17.1. The van der Waals surface area contributed by atoms with Gasteiger partial charge in [-0.15, -0.1) is 0 Å². The Labute approximate surface area is 145 Å². The number of piperidine rings is 1. The Hall–Kier alpha value is -2.73. The van der Waals surface area contributed by atoms with Gasteiger partial charge < -0.3 is 15.1 Å². The average molecular weight is 340 g/mol. The number of aryl methyl sites for hydroxylation is 1. The van der Waals surface area contributed by atoms with Crippen molar-refractivity contribution in [2.24, 2.45) is 0 Å². The summed E-state index contributed by atoms with van der Waals surface area (Å²) in [4.78, 5) is 30.0. The number of hydrogen-bond donors (Lipinski definition) is 2. The molecule has 1 aromatic heterocycles. The minimum Gasteiger partial charge on any atom is -0.479 e. The first-order valence-corrected chi connectivity index (χ1v) is 8.18. The Bertz CT molecular complexity index is 796. The number of carboxylic acids is 1. The van der Waals surface area contributed by atoms with Crippen molar-refractivity contribution in [3.05, 3.63) is 53.9 Å². The SMILES string of the molecule is Cc1nccc(-c2ccccc2)c1C(=O)N1CCC(O)(C(=O)O)CC1. The summed E-state index contributed by atoms with van der Waals surface area (Å²) in [6, 6.07) is 11.4. The summed E-state index contributed by atoms with van der Waals surface area (Å²) in [6.07, 6.45) is 1.72. The van der Waals surface area contributed by atoms with Gasteiger partial charge in [0.05, 0.1) is 11.3 Å². The Morgan fingerprint density at radius 2 is 1.76 bits per heavy atom. The number of aliphatic carboxylic acids is 1. The molecule has 2 N–H and O–H groups in total. The molecule has 1 aliphatic heterocycles. The number of carbonyl (C=O) groups is 2. The van der Waals surface area contributed by atoms with Crippen LogP contribution >= 0.6 is 0 Å². The van der Waals surface area contributed by atoms with Crippen molar-refractivity contribution in [3.8, 4) is 11.1 Å². The third-order valence-electron chi connectivity index (χ3n) is 4.72. The summed E-state index contributed by atoms with van der Waals surface area (Å²) in [5.41, 5.74) is 1.13. The summed E-state index contributed by atoms with van der Waals surface area (Å²) in [6.45, 7) is 2.19. The Kier molecular flexibility index (Phi) is 4.55. The van der Waals surface area contributed by atoms with E-state index >= 15 is 0 Å². The van der Waals surface area contributed by atoms with E-state index in [9.17, 15) is 14.7 Å². The lowest BCUT2D eigenvalue weighted by Gasteiger charge is -2.35. The van der Waals surface area contributed by atoms with Gasteiger partial charge in [0.1, 0.15) is 0 Å². The largest absolute Gasteiger partial charge is 0.479 e. The number of pyridine rings is 1. The van der Waals surface area contributed by atoms with Crippen LogP contribution in [-0.2, 0) is 4.79 Å². The number of carboxylic acid groups (broad SMARTS) is 1. The maximum absolute atomic E-state index is 13.1. The van der Waals surface area contributed by atoms with Crippen LogP contribution in [-0.4, -0.2) is 50.7 Å². The van der Waals surface area contributed by atoms with E-state index in [4.69, 9.17) is 5.11 Å². The molecule has 0 spiro atoms. The average Bonchev–Trinajstić information content (AvgIpc) is 2.62. The van der Waals surface area contributed by atoms with Crippen molar-refractivity contribution >= 4 is 11.9 Å². The molecule has 1 amide bonds. The molecule has 1 aromatic carbocycles. The molecule has 0 atom stereocenters. The van der Waals surface area contributed by atoms with Crippen molar-refractivity contribution in [1.82, 2.24) is 9.88 Å².